The van der Waals surface area contributed by atoms with Crippen molar-refractivity contribution in [2.75, 3.05) is 11.9 Å². The van der Waals surface area contributed by atoms with Gasteiger partial charge >= 0.3 is 0 Å². The van der Waals surface area contributed by atoms with E-state index in [1.807, 2.05) is 0 Å². The number of fused-ring (bicyclic) bond motifs is 1. The Morgan fingerprint density at radius 1 is 1.60 bits per heavy atom. The first kappa shape index (κ1) is 14.1. The van der Waals surface area contributed by atoms with Gasteiger partial charge in [0, 0.05) is 12.7 Å². The minimum Gasteiger partial charge on any atom is -0.391 e. The van der Waals surface area contributed by atoms with Gasteiger partial charge in [-0.2, -0.15) is 0 Å². The fourth-order valence-corrected chi connectivity index (χ4v) is 1.88. The lowest BCUT2D eigenvalue weighted by Crippen LogP contribution is -2.19. The second-order valence-electron chi connectivity index (χ2n) is 4.35. The Kier molecular flexibility index (Phi) is 4.09. The van der Waals surface area contributed by atoms with Gasteiger partial charge in [-0.15, -0.1) is 0 Å². The number of benzene rings is 1. The number of rotatable bonds is 5. The molecule has 2 rings (SSSR count). The SMILES string of the molecule is CCC(O)CNc1c(F)cc([N+](=O)[O-])c2cccnc12. The van der Waals surface area contributed by atoms with Crippen LogP contribution in [0.5, 0.6) is 0 Å². The van der Waals surface area contributed by atoms with Crippen LogP contribution in [0.1, 0.15) is 13.3 Å². The van der Waals surface area contributed by atoms with E-state index in [1.54, 1.807) is 13.0 Å². The molecule has 0 aliphatic heterocycles. The van der Waals surface area contributed by atoms with Crippen molar-refractivity contribution in [3.05, 3.63) is 40.3 Å². The van der Waals surface area contributed by atoms with E-state index in [2.05, 4.69) is 10.3 Å². The van der Waals surface area contributed by atoms with Gasteiger partial charge < -0.3 is 10.4 Å². The number of anilines is 1. The number of nitro benzene ring substituents is 1. The van der Waals surface area contributed by atoms with Crippen molar-refractivity contribution >= 4 is 22.3 Å². The summed E-state index contributed by atoms with van der Waals surface area (Å²) in [4.78, 5) is 14.3. The predicted molar refractivity (Wildman–Crippen MR) is 73.1 cm³/mol. The minimum absolute atomic E-state index is 0.0682. The fourth-order valence-electron chi connectivity index (χ4n) is 1.88. The molecule has 20 heavy (non-hydrogen) atoms. The highest BCUT2D eigenvalue weighted by molar-refractivity contribution is 5.97. The number of non-ortho nitro benzene ring substituents is 1. The van der Waals surface area contributed by atoms with Gasteiger partial charge in [0.25, 0.3) is 5.69 Å². The molecule has 2 aromatic rings. The number of hydrogen-bond acceptors (Lipinski definition) is 5. The van der Waals surface area contributed by atoms with Crippen LogP contribution in [0.25, 0.3) is 10.9 Å². The molecule has 1 unspecified atom stereocenters. The smallest absolute Gasteiger partial charge is 0.281 e. The van der Waals surface area contributed by atoms with E-state index in [1.165, 1.54) is 12.3 Å². The lowest BCUT2D eigenvalue weighted by Gasteiger charge is -2.13. The molecule has 0 amide bonds. The average molecular weight is 279 g/mol. The standard InChI is InChI=1S/C13H14FN3O3/c1-2-8(18)7-16-13-10(14)6-11(17(19)20)9-4-3-5-15-12(9)13/h3-6,8,16,18H,2,7H2,1H3. The Bertz CT molecular complexity index is 648. The second-order valence-corrected chi connectivity index (χ2v) is 4.35. The second kappa shape index (κ2) is 5.79. The van der Waals surface area contributed by atoms with Crippen molar-refractivity contribution in [3.63, 3.8) is 0 Å². The monoisotopic (exact) mass is 279 g/mol. The Hall–Kier alpha value is -2.28. The van der Waals surface area contributed by atoms with Crippen molar-refractivity contribution in [2.45, 2.75) is 19.4 Å². The summed E-state index contributed by atoms with van der Waals surface area (Å²) in [6, 6.07) is 3.93. The number of halogens is 1. The number of nitrogens with zero attached hydrogens (tertiary/aromatic N) is 2. The first-order chi connectivity index (χ1) is 9.54. The molecule has 1 atom stereocenters. The maximum atomic E-state index is 14.0. The van der Waals surface area contributed by atoms with E-state index >= 15 is 0 Å². The first-order valence-electron chi connectivity index (χ1n) is 6.18. The normalized spacial score (nSPS) is 12.3. The van der Waals surface area contributed by atoms with Gasteiger partial charge in [0.1, 0.15) is 5.52 Å². The molecule has 0 aliphatic carbocycles. The van der Waals surface area contributed by atoms with Gasteiger partial charge in [-0.3, -0.25) is 15.1 Å². The number of aliphatic hydroxyl groups is 1. The number of aliphatic hydroxyl groups excluding tert-OH is 1. The maximum Gasteiger partial charge on any atom is 0.281 e. The van der Waals surface area contributed by atoms with Crippen LogP contribution in [0.3, 0.4) is 0 Å². The van der Waals surface area contributed by atoms with Crippen LogP contribution in [0.2, 0.25) is 0 Å². The van der Waals surface area contributed by atoms with Crippen molar-refractivity contribution in [1.29, 1.82) is 0 Å². The van der Waals surface area contributed by atoms with E-state index in [4.69, 9.17) is 0 Å². The number of aromatic nitrogens is 1. The minimum atomic E-state index is -0.758. The third-order valence-corrected chi connectivity index (χ3v) is 3.01. The van der Waals surface area contributed by atoms with Crippen LogP contribution in [0.4, 0.5) is 15.8 Å². The molecule has 0 saturated heterocycles. The van der Waals surface area contributed by atoms with Crippen LogP contribution < -0.4 is 5.32 Å². The summed E-state index contributed by atoms with van der Waals surface area (Å²) >= 11 is 0. The van der Waals surface area contributed by atoms with Gasteiger partial charge in [0.2, 0.25) is 0 Å². The zero-order chi connectivity index (χ0) is 14.7. The molecule has 1 aromatic heterocycles. The van der Waals surface area contributed by atoms with Gasteiger partial charge in [-0.1, -0.05) is 6.92 Å². The van der Waals surface area contributed by atoms with Crippen molar-refractivity contribution in [3.8, 4) is 0 Å². The summed E-state index contributed by atoms with van der Waals surface area (Å²) in [5, 5.41) is 23.5. The van der Waals surface area contributed by atoms with Crippen LogP contribution in [0.15, 0.2) is 24.4 Å². The molecule has 1 heterocycles. The number of pyridine rings is 1. The molecule has 0 radical (unpaired) electrons. The van der Waals surface area contributed by atoms with Crippen LogP contribution in [-0.4, -0.2) is 27.7 Å². The summed E-state index contributed by atoms with van der Waals surface area (Å²) in [5.74, 6) is -0.758. The zero-order valence-corrected chi connectivity index (χ0v) is 10.8. The molecule has 0 spiro atoms. The first-order valence-corrected chi connectivity index (χ1v) is 6.18. The molecule has 0 aliphatic rings. The summed E-state index contributed by atoms with van der Waals surface area (Å²) < 4.78 is 14.0. The Morgan fingerprint density at radius 2 is 2.35 bits per heavy atom. The number of hydrogen-bond donors (Lipinski definition) is 2. The fraction of sp³-hybridized carbons (Fsp3) is 0.308. The summed E-state index contributed by atoms with van der Waals surface area (Å²) in [5.41, 5.74) is -0.0756. The van der Waals surface area contributed by atoms with Crippen LogP contribution >= 0.6 is 0 Å². The Labute approximate surface area is 114 Å². The van der Waals surface area contributed by atoms with Gasteiger partial charge in [0.05, 0.1) is 28.2 Å². The lowest BCUT2D eigenvalue weighted by atomic mass is 10.1. The maximum absolute atomic E-state index is 14.0. The molecule has 0 bridgehead atoms. The summed E-state index contributed by atoms with van der Waals surface area (Å²) in [7, 11) is 0. The highest BCUT2D eigenvalue weighted by atomic mass is 19.1. The molecule has 6 nitrogen and oxygen atoms in total. The van der Waals surface area contributed by atoms with Gasteiger partial charge in [-0.05, 0) is 18.6 Å². The summed E-state index contributed by atoms with van der Waals surface area (Å²) in [6.45, 7) is 1.95. The van der Waals surface area contributed by atoms with E-state index in [9.17, 15) is 19.6 Å². The van der Waals surface area contributed by atoms with Crippen LogP contribution in [0, 0.1) is 15.9 Å². The molecular formula is C13H14FN3O3. The largest absolute Gasteiger partial charge is 0.391 e. The van der Waals surface area contributed by atoms with E-state index in [0.717, 1.165) is 6.07 Å². The molecule has 1 aromatic carbocycles. The average Bonchev–Trinajstić information content (AvgIpc) is 2.45. The van der Waals surface area contributed by atoms with Crippen molar-refractivity contribution in [1.82, 2.24) is 4.98 Å². The highest BCUT2D eigenvalue weighted by Crippen LogP contribution is 2.32. The molecule has 2 N–H and O–H groups in total. The quantitative estimate of drug-likeness (QED) is 0.648. The number of nitro groups is 1. The Morgan fingerprint density at radius 3 is 3.00 bits per heavy atom. The van der Waals surface area contributed by atoms with E-state index in [-0.39, 0.29) is 28.8 Å². The van der Waals surface area contributed by atoms with E-state index < -0.39 is 16.8 Å². The van der Waals surface area contributed by atoms with Crippen molar-refractivity contribution in [2.24, 2.45) is 0 Å². The van der Waals surface area contributed by atoms with Crippen molar-refractivity contribution < 1.29 is 14.4 Å². The predicted octanol–water partition coefficient (Wildman–Crippen LogP) is 2.46. The molecule has 0 saturated carbocycles. The lowest BCUT2D eigenvalue weighted by molar-refractivity contribution is -0.383. The molecule has 7 heteroatoms. The van der Waals surface area contributed by atoms with E-state index in [0.29, 0.717) is 6.42 Å². The molecular weight excluding hydrogens is 265 g/mol. The summed E-state index contributed by atoms with van der Waals surface area (Å²) in [6.07, 6.45) is 1.34. The number of nitrogens with one attached hydrogen (secondary N) is 1. The zero-order valence-electron chi connectivity index (χ0n) is 10.8. The third-order valence-electron chi connectivity index (χ3n) is 3.01. The highest BCUT2D eigenvalue weighted by Gasteiger charge is 2.20. The Balaban J connectivity index is 2.52. The van der Waals surface area contributed by atoms with Gasteiger partial charge in [-0.25, -0.2) is 4.39 Å². The molecule has 106 valence electrons. The molecule has 0 fully saturated rings. The van der Waals surface area contributed by atoms with Gasteiger partial charge in [0.15, 0.2) is 5.82 Å². The third kappa shape index (κ3) is 2.67. The van der Waals surface area contributed by atoms with Crippen LogP contribution in [-0.2, 0) is 0 Å². The topological polar surface area (TPSA) is 88.3 Å².